The highest BCUT2D eigenvalue weighted by molar-refractivity contribution is 6.11. The van der Waals surface area contributed by atoms with Gasteiger partial charge in [-0.05, 0) is 99.6 Å². The zero-order chi connectivity index (χ0) is 45.7. The summed E-state index contributed by atoms with van der Waals surface area (Å²) in [6.07, 6.45) is 0. The topological polar surface area (TPSA) is 21.3 Å². The first-order valence-electron chi connectivity index (χ1n) is 23.6. The monoisotopic (exact) mass is 880 g/mol. The number of furan rings is 1. The Morgan fingerprint density at radius 1 is 0.290 bits per heavy atom. The zero-order valence-corrected chi connectivity index (χ0v) is 37.7. The maximum Gasteiger partial charge on any atom is 0.143 e. The quantitative estimate of drug-likeness (QED) is 0.144. The zero-order valence-electron chi connectivity index (χ0n) is 37.7. The number of fused-ring (bicyclic) bond motifs is 6. The Balaban J connectivity index is 0.894. The van der Waals surface area contributed by atoms with Crippen molar-refractivity contribution >= 4 is 60.8 Å². The Kier molecular flexibility index (Phi) is 9.84. The standard InChI is InChI=1S/C66H44N2O/c1-2-16-45(17-3-1)46-32-34-48(35-33-46)54-20-4-9-27-61(54)67(53-42-38-49(39-43-53)56-25-15-26-60-59-24-8-13-31-65(59)69-66(56)60)52-40-36-47(37-41-52)50-18-14-19-51(44-50)55-21-5-10-28-62(55)68-63-29-11-6-22-57(63)58-23-7-12-30-64(58)68/h1-44H. The summed E-state index contributed by atoms with van der Waals surface area (Å²) in [6, 6.07) is 96.0. The number of nitrogens with zero attached hydrogens (tertiary/aromatic N) is 2. The van der Waals surface area contributed by atoms with Crippen LogP contribution in [0.2, 0.25) is 0 Å². The molecule has 0 amide bonds. The van der Waals surface area contributed by atoms with Gasteiger partial charge in [0, 0.05) is 49.6 Å². The fraction of sp³-hybridized carbons (Fsp3) is 0. The molecule has 0 fully saturated rings. The summed E-state index contributed by atoms with van der Waals surface area (Å²) in [5.74, 6) is 0. The maximum absolute atomic E-state index is 6.48. The molecule has 0 N–H and O–H groups in total. The summed E-state index contributed by atoms with van der Waals surface area (Å²) in [7, 11) is 0. The highest BCUT2D eigenvalue weighted by atomic mass is 16.3. The van der Waals surface area contributed by atoms with Crippen LogP contribution in [0, 0.1) is 0 Å². The molecule has 0 atom stereocenters. The van der Waals surface area contributed by atoms with Crippen molar-refractivity contribution in [1.29, 1.82) is 0 Å². The molecule has 69 heavy (non-hydrogen) atoms. The molecule has 0 radical (unpaired) electrons. The molecule has 0 saturated heterocycles. The van der Waals surface area contributed by atoms with Crippen LogP contribution in [-0.4, -0.2) is 4.57 Å². The molecule has 0 aliphatic rings. The molecule has 0 bridgehead atoms. The van der Waals surface area contributed by atoms with Gasteiger partial charge in [-0.2, -0.15) is 0 Å². The summed E-state index contributed by atoms with van der Waals surface area (Å²) in [5, 5.41) is 4.76. The first-order valence-corrected chi connectivity index (χ1v) is 23.6. The number of benzene rings is 11. The molecule has 2 aromatic heterocycles. The minimum absolute atomic E-state index is 0.899. The van der Waals surface area contributed by atoms with Crippen LogP contribution in [-0.2, 0) is 0 Å². The highest BCUT2D eigenvalue weighted by Gasteiger charge is 2.20. The molecule has 3 heteroatoms. The van der Waals surface area contributed by atoms with Gasteiger partial charge in [0.2, 0.25) is 0 Å². The second-order valence-corrected chi connectivity index (χ2v) is 17.6. The second-order valence-electron chi connectivity index (χ2n) is 17.6. The van der Waals surface area contributed by atoms with Crippen LogP contribution in [0.5, 0.6) is 0 Å². The normalized spacial score (nSPS) is 11.5. The molecule has 0 saturated carbocycles. The van der Waals surface area contributed by atoms with Gasteiger partial charge in [-0.1, -0.05) is 206 Å². The lowest BCUT2D eigenvalue weighted by Gasteiger charge is -2.28. The van der Waals surface area contributed by atoms with Gasteiger partial charge in [0.1, 0.15) is 11.2 Å². The first kappa shape index (κ1) is 40.1. The fourth-order valence-corrected chi connectivity index (χ4v) is 10.3. The summed E-state index contributed by atoms with van der Waals surface area (Å²) < 4.78 is 8.89. The fourth-order valence-electron chi connectivity index (χ4n) is 10.3. The van der Waals surface area contributed by atoms with Crippen LogP contribution in [0.15, 0.2) is 271 Å². The SMILES string of the molecule is c1ccc(-c2ccc(-c3ccccc3N(c3ccc(-c4cccc(-c5ccccc5-n5c6ccccc6c6ccccc65)c4)cc3)c3ccc(-c4cccc5c4oc4ccccc45)cc3)cc2)cc1. The van der Waals surface area contributed by atoms with Crippen molar-refractivity contribution in [2.45, 2.75) is 0 Å². The van der Waals surface area contributed by atoms with Crippen LogP contribution in [0.25, 0.3) is 105 Å². The predicted octanol–water partition coefficient (Wildman–Crippen LogP) is 18.5. The van der Waals surface area contributed by atoms with Crippen LogP contribution >= 0.6 is 0 Å². The Morgan fingerprint density at radius 2 is 0.754 bits per heavy atom. The van der Waals surface area contributed by atoms with E-state index in [0.717, 1.165) is 78.1 Å². The Labute approximate surface area is 401 Å². The number of para-hydroxylation sites is 6. The van der Waals surface area contributed by atoms with E-state index >= 15 is 0 Å². The molecule has 0 aliphatic carbocycles. The van der Waals surface area contributed by atoms with Crippen molar-refractivity contribution < 1.29 is 4.42 Å². The van der Waals surface area contributed by atoms with Crippen LogP contribution in [0.3, 0.4) is 0 Å². The highest BCUT2D eigenvalue weighted by Crippen LogP contribution is 2.44. The molecular weight excluding hydrogens is 837 g/mol. The van der Waals surface area contributed by atoms with Gasteiger partial charge in [0.05, 0.1) is 22.4 Å². The van der Waals surface area contributed by atoms with E-state index in [0.29, 0.717) is 0 Å². The second kappa shape index (κ2) is 16.9. The Bertz CT molecular complexity index is 3940. The van der Waals surface area contributed by atoms with Gasteiger partial charge in [-0.25, -0.2) is 0 Å². The average Bonchev–Trinajstić information content (AvgIpc) is 3.98. The van der Waals surface area contributed by atoms with E-state index in [1.807, 2.05) is 12.1 Å². The summed E-state index contributed by atoms with van der Waals surface area (Å²) >= 11 is 0. The smallest absolute Gasteiger partial charge is 0.143 e. The number of rotatable bonds is 9. The molecule has 324 valence electrons. The Morgan fingerprint density at radius 3 is 1.49 bits per heavy atom. The molecule has 3 nitrogen and oxygen atoms in total. The van der Waals surface area contributed by atoms with E-state index in [2.05, 4.69) is 264 Å². The Hall–Kier alpha value is -9.18. The molecule has 0 aliphatic heterocycles. The first-order chi connectivity index (χ1) is 34.2. The van der Waals surface area contributed by atoms with Crippen molar-refractivity contribution in [3.8, 4) is 61.3 Å². The van der Waals surface area contributed by atoms with E-state index < -0.39 is 0 Å². The number of hydrogen-bond donors (Lipinski definition) is 0. The van der Waals surface area contributed by atoms with E-state index in [9.17, 15) is 0 Å². The van der Waals surface area contributed by atoms with Crippen molar-refractivity contribution in [1.82, 2.24) is 4.57 Å². The van der Waals surface area contributed by atoms with Gasteiger partial charge < -0.3 is 13.9 Å². The summed E-state index contributed by atoms with van der Waals surface area (Å²) in [6.45, 7) is 0. The maximum atomic E-state index is 6.48. The number of hydrogen-bond acceptors (Lipinski definition) is 2. The minimum Gasteiger partial charge on any atom is -0.455 e. The van der Waals surface area contributed by atoms with Crippen LogP contribution in [0.1, 0.15) is 0 Å². The molecule has 13 rings (SSSR count). The lowest BCUT2D eigenvalue weighted by atomic mass is 9.97. The predicted molar refractivity (Wildman–Crippen MR) is 290 cm³/mol. The molecule has 13 aromatic rings. The largest absolute Gasteiger partial charge is 0.455 e. The minimum atomic E-state index is 0.899. The third-order valence-corrected chi connectivity index (χ3v) is 13.6. The average molecular weight is 881 g/mol. The molecule has 0 spiro atoms. The van der Waals surface area contributed by atoms with Crippen molar-refractivity contribution in [2.75, 3.05) is 4.90 Å². The molecule has 2 heterocycles. The van der Waals surface area contributed by atoms with Crippen LogP contribution < -0.4 is 4.90 Å². The van der Waals surface area contributed by atoms with Crippen molar-refractivity contribution in [2.24, 2.45) is 0 Å². The lowest BCUT2D eigenvalue weighted by Crippen LogP contribution is -2.11. The molecule has 11 aromatic carbocycles. The third-order valence-electron chi connectivity index (χ3n) is 13.6. The van der Waals surface area contributed by atoms with Gasteiger partial charge in [-0.3, -0.25) is 0 Å². The number of anilines is 3. The third kappa shape index (κ3) is 7.08. The van der Waals surface area contributed by atoms with E-state index in [4.69, 9.17) is 4.42 Å². The summed E-state index contributed by atoms with van der Waals surface area (Å²) in [4.78, 5) is 2.38. The number of aromatic nitrogens is 1. The van der Waals surface area contributed by atoms with Gasteiger partial charge in [0.25, 0.3) is 0 Å². The van der Waals surface area contributed by atoms with Gasteiger partial charge in [-0.15, -0.1) is 0 Å². The van der Waals surface area contributed by atoms with Crippen molar-refractivity contribution in [3.05, 3.63) is 267 Å². The van der Waals surface area contributed by atoms with E-state index in [1.54, 1.807) is 0 Å². The van der Waals surface area contributed by atoms with Crippen molar-refractivity contribution in [3.63, 3.8) is 0 Å². The molecular formula is C66H44N2O. The lowest BCUT2D eigenvalue weighted by molar-refractivity contribution is 0.670. The summed E-state index contributed by atoms with van der Waals surface area (Å²) in [5.41, 5.74) is 20.1. The van der Waals surface area contributed by atoms with Gasteiger partial charge >= 0.3 is 0 Å². The van der Waals surface area contributed by atoms with Gasteiger partial charge in [0.15, 0.2) is 0 Å². The van der Waals surface area contributed by atoms with E-state index in [-0.39, 0.29) is 0 Å². The van der Waals surface area contributed by atoms with E-state index in [1.165, 1.54) is 44.1 Å². The molecule has 0 unspecified atom stereocenters. The van der Waals surface area contributed by atoms with Crippen LogP contribution in [0.4, 0.5) is 17.1 Å².